The van der Waals surface area contributed by atoms with Crippen molar-refractivity contribution < 1.29 is 14.3 Å². The Labute approximate surface area is 165 Å². The highest BCUT2D eigenvalue weighted by atomic mass is 16.7. The summed E-state index contributed by atoms with van der Waals surface area (Å²) in [6, 6.07) is 9.72. The number of piperazine rings is 1. The molecule has 4 rings (SSSR count). The molecule has 7 nitrogen and oxygen atoms in total. The van der Waals surface area contributed by atoms with E-state index in [0.29, 0.717) is 12.4 Å². The fraction of sp³-hybridized carbons (Fsp3) is 0.429. The number of amides is 1. The number of ether oxygens (including phenoxy) is 2. The van der Waals surface area contributed by atoms with Crippen LogP contribution in [-0.4, -0.2) is 60.2 Å². The fourth-order valence-electron chi connectivity index (χ4n) is 3.50. The molecule has 3 heterocycles. The van der Waals surface area contributed by atoms with Gasteiger partial charge in [0.15, 0.2) is 11.5 Å². The summed E-state index contributed by atoms with van der Waals surface area (Å²) in [6.07, 6.45) is 2.71. The van der Waals surface area contributed by atoms with E-state index in [-0.39, 0.29) is 5.91 Å². The fourth-order valence-corrected chi connectivity index (χ4v) is 3.50. The molecule has 2 aliphatic heterocycles. The molecule has 28 heavy (non-hydrogen) atoms. The van der Waals surface area contributed by atoms with Crippen molar-refractivity contribution in [1.82, 2.24) is 14.8 Å². The Kier molecular flexibility index (Phi) is 5.62. The van der Waals surface area contributed by atoms with Crippen LogP contribution in [0.15, 0.2) is 36.5 Å². The third-order valence-corrected chi connectivity index (χ3v) is 5.07. The van der Waals surface area contributed by atoms with Crippen LogP contribution in [-0.2, 0) is 6.54 Å². The minimum Gasteiger partial charge on any atom is -0.454 e. The topological polar surface area (TPSA) is 66.9 Å². The summed E-state index contributed by atoms with van der Waals surface area (Å²) in [7, 11) is 0. The van der Waals surface area contributed by atoms with Crippen LogP contribution < -0.4 is 14.8 Å². The van der Waals surface area contributed by atoms with Gasteiger partial charge in [0.25, 0.3) is 5.91 Å². The number of carbonyl (C=O) groups is 1. The second kappa shape index (κ2) is 8.48. The average Bonchev–Trinajstić information content (AvgIpc) is 3.20. The predicted octanol–water partition coefficient (Wildman–Crippen LogP) is 2.59. The molecule has 0 atom stereocenters. The van der Waals surface area contributed by atoms with Crippen molar-refractivity contribution in [3.05, 3.63) is 47.7 Å². The summed E-state index contributed by atoms with van der Waals surface area (Å²) in [6.45, 7) is 7.25. The first-order valence-electron chi connectivity index (χ1n) is 9.83. The van der Waals surface area contributed by atoms with E-state index in [1.165, 1.54) is 5.56 Å². The molecule has 1 aromatic carbocycles. The van der Waals surface area contributed by atoms with Gasteiger partial charge in [0.1, 0.15) is 5.82 Å². The number of carbonyl (C=O) groups excluding carboxylic acids is 1. The van der Waals surface area contributed by atoms with Crippen molar-refractivity contribution in [3.63, 3.8) is 0 Å². The lowest BCUT2D eigenvalue weighted by atomic mass is 10.1. The molecule has 0 saturated carbocycles. The zero-order valence-corrected chi connectivity index (χ0v) is 16.2. The van der Waals surface area contributed by atoms with Crippen LogP contribution in [0, 0.1) is 0 Å². The van der Waals surface area contributed by atoms with Gasteiger partial charge in [-0.15, -0.1) is 0 Å². The Morgan fingerprint density at radius 2 is 1.93 bits per heavy atom. The van der Waals surface area contributed by atoms with E-state index in [0.717, 1.165) is 63.0 Å². The Balaban J connectivity index is 1.32. The van der Waals surface area contributed by atoms with E-state index < -0.39 is 0 Å². The minimum absolute atomic E-state index is 0.0738. The molecule has 2 aromatic rings. The van der Waals surface area contributed by atoms with Crippen LogP contribution in [0.4, 0.5) is 5.82 Å². The molecule has 1 N–H and O–H groups in total. The van der Waals surface area contributed by atoms with Gasteiger partial charge in [-0.25, -0.2) is 4.98 Å². The molecular weight excluding hydrogens is 356 g/mol. The molecule has 0 unspecified atom stereocenters. The molecule has 1 aromatic heterocycles. The number of aromatic nitrogens is 1. The van der Waals surface area contributed by atoms with Gasteiger partial charge >= 0.3 is 0 Å². The van der Waals surface area contributed by atoms with Crippen molar-refractivity contribution >= 4 is 11.7 Å². The quantitative estimate of drug-likeness (QED) is 0.828. The van der Waals surface area contributed by atoms with Gasteiger partial charge in [0.2, 0.25) is 6.79 Å². The largest absolute Gasteiger partial charge is 0.454 e. The number of anilines is 1. The number of benzene rings is 1. The molecule has 1 amide bonds. The first-order chi connectivity index (χ1) is 13.7. The van der Waals surface area contributed by atoms with Crippen LogP contribution in [0.1, 0.15) is 29.3 Å². The van der Waals surface area contributed by atoms with Crippen LogP contribution in [0.2, 0.25) is 0 Å². The summed E-state index contributed by atoms with van der Waals surface area (Å²) in [5.41, 5.74) is 1.89. The summed E-state index contributed by atoms with van der Waals surface area (Å²) < 4.78 is 10.8. The lowest BCUT2D eigenvalue weighted by molar-refractivity contribution is 0.0628. The number of nitrogens with one attached hydrogen (secondary N) is 1. The van der Waals surface area contributed by atoms with Gasteiger partial charge in [-0.3, -0.25) is 9.69 Å². The van der Waals surface area contributed by atoms with Crippen LogP contribution in [0.25, 0.3) is 0 Å². The van der Waals surface area contributed by atoms with Crippen molar-refractivity contribution in [3.8, 4) is 11.5 Å². The smallest absolute Gasteiger partial charge is 0.254 e. The zero-order chi connectivity index (χ0) is 19.3. The van der Waals surface area contributed by atoms with E-state index in [1.54, 1.807) is 12.3 Å². The van der Waals surface area contributed by atoms with Crippen molar-refractivity contribution in [2.45, 2.75) is 19.9 Å². The number of fused-ring (bicyclic) bond motifs is 1. The molecule has 1 saturated heterocycles. The van der Waals surface area contributed by atoms with E-state index in [4.69, 9.17) is 9.47 Å². The maximum Gasteiger partial charge on any atom is 0.254 e. The molecule has 0 bridgehead atoms. The van der Waals surface area contributed by atoms with Crippen LogP contribution >= 0.6 is 0 Å². The van der Waals surface area contributed by atoms with Crippen molar-refractivity contribution in [2.24, 2.45) is 0 Å². The average molecular weight is 382 g/mol. The van der Waals surface area contributed by atoms with Crippen LogP contribution in [0.5, 0.6) is 11.5 Å². The monoisotopic (exact) mass is 382 g/mol. The lowest BCUT2D eigenvalue weighted by Crippen LogP contribution is -2.48. The highest BCUT2D eigenvalue weighted by molar-refractivity contribution is 5.94. The van der Waals surface area contributed by atoms with E-state index in [9.17, 15) is 4.79 Å². The Hall–Kier alpha value is -2.80. The first kappa shape index (κ1) is 18.6. The number of hydrogen-bond donors (Lipinski definition) is 1. The van der Waals surface area contributed by atoms with Gasteiger partial charge in [-0.05, 0) is 36.2 Å². The highest BCUT2D eigenvalue weighted by Gasteiger charge is 2.23. The summed E-state index contributed by atoms with van der Waals surface area (Å²) in [4.78, 5) is 21.4. The molecule has 148 valence electrons. The third kappa shape index (κ3) is 4.20. The minimum atomic E-state index is 0.0738. The second-order valence-electron chi connectivity index (χ2n) is 7.11. The molecule has 0 spiro atoms. The Morgan fingerprint density at radius 3 is 2.75 bits per heavy atom. The summed E-state index contributed by atoms with van der Waals surface area (Å²) in [5, 5.41) is 3.24. The number of hydrogen-bond acceptors (Lipinski definition) is 6. The second-order valence-corrected chi connectivity index (χ2v) is 7.11. The van der Waals surface area contributed by atoms with Gasteiger partial charge in [-0.1, -0.05) is 13.0 Å². The van der Waals surface area contributed by atoms with Crippen molar-refractivity contribution in [2.75, 3.05) is 44.8 Å². The molecule has 2 aliphatic rings. The number of rotatable bonds is 6. The molecule has 1 fully saturated rings. The first-order valence-corrected chi connectivity index (χ1v) is 9.83. The van der Waals surface area contributed by atoms with Crippen LogP contribution in [0.3, 0.4) is 0 Å². The SMILES string of the molecule is CCCNc1cc(C(=O)N2CCN(Cc3ccc4c(c3)OCO4)CC2)ccn1. The lowest BCUT2D eigenvalue weighted by Gasteiger charge is -2.34. The number of nitrogens with zero attached hydrogens (tertiary/aromatic N) is 3. The maximum absolute atomic E-state index is 12.8. The summed E-state index contributed by atoms with van der Waals surface area (Å²) in [5.74, 6) is 2.46. The van der Waals surface area contributed by atoms with Gasteiger partial charge in [-0.2, -0.15) is 0 Å². The molecule has 0 aliphatic carbocycles. The van der Waals surface area contributed by atoms with Gasteiger partial charge in [0.05, 0.1) is 0 Å². The predicted molar refractivity (Wildman–Crippen MR) is 107 cm³/mol. The highest BCUT2D eigenvalue weighted by Crippen LogP contribution is 2.32. The Bertz CT molecular complexity index is 834. The van der Waals surface area contributed by atoms with E-state index in [2.05, 4.69) is 28.2 Å². The zero-order valence-electron chi connectivity index (χ0n) is 16.2. The Morgan fingerprint density at radius 1 is 1.11 bits per heavy atom. The molecule has 0 radical (unpaired) electrons. The maximum atomic E-state index is 12.8. The molecule has 7 heteroatoms. The normalized spacial score (nSPS) is 16.2. The van der Waals surface area contributed by atoms with E-state index >= 15 is 0 Å². The van der Waals surface area contributed by atoms with Gasteiger partial charge in [0, 0.05) is 51.0 Å². The standard InChI is InChI=1S/C21H26N4O3/c1-2-6-22-20-13-17(5-7-23-20)21(26)25-10-8-24(9-11-25)14-16-3-4-18-19(12-16)28-15-27-18/h3-5,7,12-13H,2,6,8-11,14-15H2,1H3,(H,22,23). The van der Waals surface area contributed by atoms with Gasteiger partial charge < -0.3 is 19.7 Å². The number of pyridine rings is 1. The van der Waals surface area contributed by atoms with E-state index in [1.807, 2.05) is 23.1 Å². The molecular formula is C21H26N4O3. The summed E-state index contributed by atoms with van der Waals surface area (Å²) >= 11 is 0. The van der Waals surface area contributed by atoms with Crippen molar-refractivity contribution in [1.29, 1.82) is 0 Å². The third-order valence-electron chi connectivity index (χ3n) is 5.07.